The Kier molecular flexibility index (Phi) is 7.47. The molecular formula is C18H25Cl2N5O2. The van der Waals surface area contributed by atoms with Crippen molar-refractivity contribution in [1.29, 1.82) is 0 Å². The zero-order valence-electron chi connectivity index (χ0n) is 15.0. The smallest absolute Gasteiger partial charge is 0.236 e. The minimum Gasteiger partial charge on any atom is -0.340 e. The zero-order valence-corrected chi connectivity index (χ0v) is 16.7. The molecule has 7 nitrogen and oxygen atoms in total. The molecule has 2 aromatic rings. The lowest BCUT2D eigenvalue weighted by molar-refractivity contribution is -0.140. The van der Waals surface area contributed by atoms with Gasteiger partial charge in [-0.3, -0.25) is 9.59 Å². The van der Waals surface area contributed by atoms with Crippen molar-refractivity contribution < 1.29 is 9.59 Å². The normalized spacial score (nSPS) is 20.1. The van der Waals surface area contributed by atoms with Gasteiger partial charge in [-0.2, -0.15) is 0 Å². The van der Waals surface area contributed by atoms with Crippen LogP contribution in [0.5, 0.6) is 0 Å². The number of fused-ring (bicyclic) bond motifs is 1. The number of imidazole rings is 1. The predicted octanol–water partition coefficient (Wildman–Crippen LogP) is 1.14. The van der Waals surface area contributed by atoms with E-state index in [1.807, 2.05) is 44.8 Å². The monoisotopic (exact) mass is 413 g/mol. The van der Waals surface area contributed by atoms with E-state index in [9.17, 15) is 9.59 Å². The van der Waals surface area contributed by atoms with Crippen LogP contribution in [0.3, 0.4) is 0 Å². The highest BCUT2D eigenvalue weighted by atomic mass is 35.5. The van der Waals surface area contributed by atoms with Gasteiger partial charge in [0.15, 0.2) is 0 Å². The molecule has 0 bridgehead atoms. The van der Waals surface area contributed by atoms with E-state index in [-0.39, 0.29) is 42.7 Å². The molecule has 2 amide bonds. The molecule has 0 radical (unpaired) electrons. The van der Waals surface area contributed by atoms with Gasteiger partial charge in [-0.1, -0.05) is 6.07 Å². The summed E-state index contributed by atoms with van der Waals surface area (Å²) < 4.78 is 1.93. The molecule has 2 aliphatic rings. The number of nitrogens with one attached hydrogen (secondary N) is 1. The summed E-state index contributed by atoms with van der Waals surface area (Å²) in [6, 6.07) is 5.96. The molecule has 0 aliphatic carbocycles. The molecule has 4 heterocycles. The summed E-state index contributed by atoms with van der Waals surface area (Å²) in [7, 11) is 0. The Balaban J connectivity index is 0.00000131. The Morgan fingerprint density at radius 1 is 1.26 bits per heavy atom. The molecule has 2 aliphatic heterocycles. The van der Waals surface area contributed by atoms with Gasteiger partial charge >= 0.3 is 0 Å². The number of hydrogen-bond acceptors (Lipinski definition) is 4. The number of carbonyl (C=O) groups is 2. The van der Waals surface area contributed by atoms with E-state index >= 15 is 0 Å². The summed E-state index contributed by atoms with van der Waals surface area (Å²) in [5.41, 5.74) is 1.64. The highest BCUT2D eigenvalue weighted by molar-refractivity contribution is 5.85. The average molecular weight is 414 g/mol. The number of likely N-dealkylation sites (tertiary alicyclic amines) is 1. The quantitative estimate of drug-likeness (QED) is 0.818. The molecular weight excluding hydrogens is 389 g/mol. The summed E-state index contributed by atoms with van der Waals surface area (Å²) >= 11 is 0. The molecule has 0 saturated carbocycles. The second-order valence-corrected chi connectivity index (χ2v) is 6.77. The van der Waals surface area contributed by atoms with Gasteiger partial charge in [0, 0.05) is 44.6 Å². The van der Waals surface area contributed by atoms with Crippen molar-refractivity contribution in [3.8, 4) is 0 Å². The Morgan fingerprint density at radius 2 is 2.11 bits per heavy atom. The van der Waals surface area contributed by atoms with E-state index in [4.69, 9.17) is 0 Å². The van der Waals surface area contributed by atoms with Crippen molar-refractivity contribution in [3.63, 3.8) is 0 Å². The molecule has 2 aromatic heterocycles. The Hall–Kier alpha value is -1.83. The van der Waals surface area contributed by atoms with Crippen molar-refractivity contribution in [1.82, 2.24) is 24.5 Å². The van der Waals surface area contributed by atoms with E-state index in [2.05, 4.69) is 10.3 Å². The number of piperazine rings is 1. The third kappa shape index (κ3) is 4.72. The fourth-order valence-electron chi connectivity index (χ4n) is 3.78. The van der Waals surface area contributed by atoms with Gasteiger partial charge in [-0.15, -0.1) is 24.8 Å². The fraction of sp³-hybridized carbons (Fsp3) is 0.500. The first-order valence-electron chi connectivity index (χ1n) is 8.91. The maximum atomic E-state index is 12.7. The zero-order chi connectivity index (χ0) is 17.2. The number of aromatic nitrogens is 2. The number of hydrogen-bond donors (Lipinski definition) is 1. The van der Waals surface area contributed by atoms with Crippen LogP contribution in [0.2, 0.25) is 0 Å². The predicted molar refractivity (Wildman–Crippen MR) is 108 cm³/mol. The van der Waals surface area contributed by atoms with Crippen molar-refractivity contribution in [3.05, 3.63) is 36.3 Å². The minimum absolute atomic E-state index is 0. The highest BCUT2D eigenvalue weighted by Gasteiger charge is 2.31. The number of piperidine rings is 1. The molecule has 2 fully saturated rings. The molecule has 9 heteroatoms. The van der Waals surface area contributed by atoms with Crippen LogP contribution in [0, 0.1) is 0 Å². The first kappa shape index (κ1) is 21.5. The number of carbonyl (C=O) groups excluding carboxylic acids is 2. The van der Waals surface area contributed by atoms with E-state index in [0.29, 0.717) is 19.5 Å². The molecule has 2 saturated heterocycles. The number of halogens is 2. The maximum Gasteiger partial charge on any atom is 0.236 e. The average Bonchev–Trinajstić information content (AvgIpc) is 3.04. The van der Waals surface area contributed by atoms with Gasteiger partial charge in [-0.05, 0) is 25.0 Å². The van der Waals surface area contributed by atoms with Crippen LogP contribution >= 0.6 is 24.8 Å². The molecule has 1 N–H and O–H groups in total. The molecule has 4 rings (SSSR count). The lowest BCUT2D eigenvalue weighted by atomic mass is 10.0. The van der Waals surface area contributed by atoms with Gasteiger partial charge < -0.3 is 19.5 Å². The number of rotatable bonds is 3. The topological polar surface area (TPSA) is 70.0 Å². The molecule has 0 spiro atoms. The van der Waals surface area contributed by atoms with E-state index < -0.39 is 0 Å². The molecule has 27 heavy (non-hydrogen) atoms. The van der Waals surface area contributed by atoms with Crippen molar-refractivity contribution in [2.75, 3.05) is 32.7 Å². The van der Waals surface area contributed by atoms with Crippen LogP contribution in [0.15, 0.2) is 30.6 Å². The molecule has 1 atom stereocenters. The summed E-state index contributed by atoms with van der Waals surface area (Å²) in [5, 5.41) is 3.10. The summed E-state index contributed by atoms with van der Waals surface area (Å²) in [4.78, 5) is 33.2. The standard InChI is InChI=1S/C18H23N5O2.2ClH/c24-17(10-14-12-21-7-2-1-5-16(21)20-14)22-8-3-4-15(13-22)23-9-6-19-11-18(23)25;;/h1-2,5,7,12,15,19H,3-4,6,8-11,13H2;2*1H. The second kappa shape index (κ2) is 9.39. The number of pyridine rings is 1. The summed E-state index contributed by atoms with van der Waals surface area (Å²) in [6.07, 6.45) is 6.07. The lowest BCUT2D eigenvalue weighted by Gasteiger charge is -2.41. The third-order valence-electron chi connectivity index (χ3n) is 5.06. The molecule has 148 valence electrons. The highest BCUT2D eigenvalue weighted by Crippen LogP contribution is 2.18. The minimum atomic E-state index is 0. The Bertz CT molecular complexity index is 764. The SMILES string of the molecule is Cl.Cl.O=C(Cc1cn2ccccc2n1)N1CCCC(N2CCNCC2=O)C1. The van der Waals surface area contributed by atoms with Crippen molar-refractivity contribution >= 4 is 42.3 Å². The van der Waals surface area contributed by atoms with E-state index in [0.717, 1.165) is 43.8 Å². The van der Waals surface area contributed by atoms with Crippen LogP contribution in [0.1, 0.15) is 18.5 Å². The van der Waals surface area contributed by atoms with E-state index in [1.54, 1.807) is 0 Å². The fourth-order valence-corrected chi connectivity index (χ4v) is 3.78. The lowest BCUT2D eigenvalue weighted by Crippen LogP contribution is -2.57. The third-order valence-corrected chi connectivity index (χ3v) is 5.06. The van der Waals surface area contributed by atoms with Gasteiger partial charge in [0.1, 0.15) is 5.65 Å². The summed E-state index contributed by atoms with van der Waals surface area (Å²) in [5.74, 6) is 0.238. The Morgan fingerprint density at radius 3 is 2.89 bits per heavy atom. The number of nitrogens with zero attached hydrogens (tertiary/aromatic N) is 4. The van der Waals surface area contributed by atoms with Gasteiger partial charge in [-0.25, -0.2) is 4.98 Å². The van der Waals surface area contributed by atoms with Crippen molar-refractivity contribution in [2.45, 2.75) is 25.3 Å². The van der Waals surface area contributed by atoms with Crippen LogP contribution in [-0.4, -0.2) is 69.8 Å². The van der Waals surface area contributed by atoms with Gasteiger partial charge in [0.25, 0.3) is 0 Å². The van der Waals surface area contributed by atoms with Crippen LogP contribution < -0.4 is 5.32 Å². The van der Waals surface area contributed by atoms with Gasteiger partial charge in [0.2, 0.25) is 11.8 Å². The molecule has 0 aromatic carbocycles. The maximum absolute atomic E-state index is 12.7. The van der Waals surface area contributed by atoms with Crippen LogP contribution in [-0.2, 0) is 16.0 Å². The molecule has 1 unspecified atom stereocenters. The van der Waals surface area contributed by atoms with Crippen LogP contribution in [0.25, 0.3) is 5.65 Å². The largest absolute Gasteiger partial charge is 0.340 e. The first-order valence-corrected chi connectivity index (χ1v) is 8.91. The number of amides is 2. The summed E-state index contributed by atoms with van der Waals surface area (Å²) in [6.45, 7) is 3.38. The first-order chi connectivity index (χ1) is 12.2. The van der Waals surface area contributed by atoms with Crippen molar-refractivity contribution in [2.24, 2.45) is 0 Å². The van der Waals surface area contributed by atoms with E-state index in [1.165, 1.54) is 0 Å². The van der Waals surface area contributed by atoms with Gasteiger partial charge in [0.05, 0.1) is 18.7 Å². The Labute approximate surface area is 170 Å². The second-order valence-electron chi connectivity index (χ2n) is 6.77. The van der Waals surface area contributed by atoms with Crippen LogP contribution in [0.4, 0.5) is 0 Å².